The van der Waals surface area contributed by atoms with Gasteiger partial charge in [0.1, 0.15) is 5.75 Å². The van der Waals surface area contributed by atoms with Crippen LogP contribution in [0, 0.1) is 17.3 Å². The molecule has 140 valence electrons. The lowest BCUT2D eigenvalue weighted by molar-refractivity contribution is -0.140. The number of rotatable bonds is 5. The van der Waals surface area contributed by atoms with E-state index in [2.05, 4.69) is 45.9 Å². The minimum Gasteiger partial charge on any atom is -0.497 e. The molecule has 1 aromatic carbocycles. The number of methoxy groups -OCH3 is 1. The lowest BCUT2D eigenvalue weighted by atomic mass is 9.48. The van der Waals surface area contributed by atoms with Crippen molar-refractivity contribution in [2.75, 3.05) is 7.11 Å². The van der Waals surface area contributed by atoms with E-state index in [4.69, 9.17) is 4.74 Å². The van der Waals surface area contributed by atoms with E-state index in [0.717, 1.165) is 31.4 Å². The van der Waals surface area contributed by atoms with Gasteiger partial charge in [-0.2, -0.15) is 0 Å². The van der Waals surface area contributed by atoms with Crippen molar-refractivity contribution < 1.29 is 9.84 Å². The second-order valence-corrected chi connectivity index (χ2v) is 8.89. The highest BCUT2D eigenvalue weighted by Crippen LogP contribution is 2.61. The predicted octanol–water partition coefficient (Wildman–Crippen LogP) is 5.72. The Morgan fingerprint density at radius 1 is 1.24 bits per heavy atom. The van der Waals surface area contributed by atoms with Crippen LogP contribution in [0.15, 0.2) is 18.2 Å². The summed E-state index contributed by atoms with van der Waals surface area (Å²) in [6.45, 7) is 8.74. The van der Waals surface area contributed by atoms with Crippen molar-refractivity contribution in [1.82, 2.24) is 0 Å². The highest BCUT2D eigenvalue weighted by molar-refractivity contribution is 5.40. The molecule has 4 atom stereocenters. The van der Waals surface area contributed by atoms with Gasteiger partial charge in [0.15, 0.2) is 0 Å². The summed E-state index contributed by atoms with van der Waals surface area (Å²) in [6.07, 6.45) is 8.25. The summed E-state index contributed by atoms with van der Waals surface area (Å²) in [5.74, 6) is 2.96. The summed E-state index contributed by atoms with van der Waals surface area (Å²) in [5, 5.41) is 11.2. The fourth-order valence-electron chi connectivity index (χ4n) is 6.42. The van der Waals surface area contributed by atoms with Crippen molar-refractivity contribution >= 4 is 0 Å². The second-order valence-electron chi connectivity index (χ2n) is 8.89. The fraction of sp³-hybridized carbons (Fsp3) is 0.739. The molecule has 1 saturated carbocycles. The van der Waals surface area contributed by atoms with Gasteiger partial charge in [0.2, 0.25) is 0 Å². The van der Waals surface area contributed by atoms with Crippen LogP contribution in [0.1, 0.15) is 83.3 Å². The Hall–Kier alpha value is -1.02. The smallest absolute Gasteiger partial charge is 0.119 e. The standard InChI is InChI=1S/C23H36O2/c1-6-13-23(22(3,4)24)14-12-19-18-11-9-17(25-5)15-16(18)8-10-20(19)21(23)7-2/h9,11,15,19-21,24H,6-8,10,12-14H2,1-5H3/t19-,20-,21+,23+/m1/s1. The van der Waals surface area contributed by atoms with Gasteiger partial charge in [0.05, 0.1) is 12.7 Å². The van der Waals surface area contributed by atoms with E-state index in [-0.39, 0.29) is 5.41 Å². The Kier molecular flexibility index (Phi) is 5.21. The van der Waals surface area contributed by atoms with Gasteiger partial charge in [-0.15, -0.1) is 0 Å². The SMILES string of the molecule is CCC[C@]1(C(C)(C)O)CC[C@@H]2c3ccc(OC)cc3CC[C@H]2[C@@H]1CC. The zero-order chi connectivity index (χ0) is 18.2. The molecule has 1 N–H and O–H groups in total. The maximum atomic E-state index is 11.2. The maximum absolute atomic E-state index is 11.2. The molecule has 0 aromatic heterocycles. The molecule has 0 unspecified atom stereocenters. The molecule has 0 radical (unpaired) electrons. The molecule has 0 amide bonds. The van der Waals surface area contributed by atoms with Crippen LogP contribution in [-0.4, -0.2) is 17.8 Å². The molecule has 0 saturated heterocycles. The Labute approximate surface area is 154 Å². The number of aliphatic hydroxyl groups is 1. The van der Waals surface area contributed by atoms with Crippen LogP contribution in [0.5, 0.6) is 5.75 Å². The first-order valence-corrected chi connectivity index (χ1v) is 10.3. The largest absolute Gasteiger partial charge is 0.497 e. The van der Waals surface area contributed by atoms with Gasteiger partial charge in [-0.05, 0) is 87.0 Å². The highest BCUT2D eigenvalue weighted by Gasteiger charge is 2.55. The predicted molar refractivity (Wildman–Crippen MR) is 104 cm³/mol. The van der Waals surface area contributed by atoms with Crippen molar-refractivity contribution in [2.45, 2.75) is 84.2 Å². The van der Waals surface area contributed by atoms with Crippen LogP contribution in [0.2, 0.25) is 0 Å². The maximum Gasteiger partial charge on any atom is 0.119 e. The first kappa shape index (κ1) is 18.8. The Morgan fingerprint density at radius 2 is 2.00 bits per heavy atom. The summed E-state index contributed by atoms with van der Waals surface area (Å²) in [4.78, 5) is 0. The van der Waals surface area contributed by atoms with Gasteiger partial charge in [-0.3, -0.25) is 0 Å². The Balaban J connectivity index is 1.98. The fourth-order valence-corrected chi connectivity index (χ4v) is 6.42. The molecular weight excluding hydrogens is 308 g/mol. The molecule has 2 aliphatic carbocycles. The first-order valence-electron chi connectivity index (χ1n) is 10.3. The van der Waals surface area contributed by atoms with Crippen LogP contribution in [0.25, 0.3) is 0 Å². The van der Waals surface area contributed by atoms with E-state index in [1.165, 1.54) is 24.8 Å². The first-order chi connectivity index (χ1) is 11.9. The lowest BCUT2D eigenvalue weighted by Gasteiger charge is -2.58. The summed E-state index contributed by atoms with van der Waals surface area (Å²) >= 11 is 0. The average molecular weight is 345 g/mol. The van der Waals surface area contributed by atoms with Crippen LogP contribution >= 0.6 is 0 Å². The number of aryl methyl sites for hydroxylation is 1. The van der Waals surface area contributed by atoms with Gasteiger partial charge >= 0.3 is 0 Å². The third-order valence-corrected chi connectivity index (χ3v) is 7.50. The second kappa shape index (κ2) is 6.95. The molecular formula is C23H36O2. The molecule has 1 aromatic rings. The normalized spacial score (nSPS) is 32.0. The van der Waals surface area contributed by atoms with Crippen molar-refractivity contribution in [3.8, 4) is 5.75 Å². The number of hydrogen-bond acceptors (Lipinski definition) is 2. The van der Waals surface area contributed by atoms with Gasteiger partial charge in [-0.25, -0.2) is 0 Å². The van der Waals surface area contributed by atoms with Gasteiger partial charge in [0.25, 0.3) is 0 Å². The number of hydrogen-bond donors (Lipinski definition) is 1. The Bertz CT molecular complexity index is 601. The molecule has 0 heterocycles. The van der Waals surface area contributed by atoms with E-state index < -0.39 is 5.60 Å². The molecule has 25 heavy (non-hydrogen) atoms. The monoisotopic (exact) mass is 344 g/mol. The topological polar surface area (TPSA) is 29.5 Å². The van der Waals surface area contributed by atoms with Crippen LogP contribution < -0.4 is 4.74 Å². The van der Waals surface area contributed by atoms with E-state index in [9.17, 15) is 5.11 Å². The molecule has 3 rings (SSSR count). The van der Waals surface area contributed by atoms with Gasteiger partial charge < -0.3 is 9.84 Å². The van der Waals surface area contributed by atoms with Crippen molar-refractivity contribution in [3.63, 3.8) is 0 Å². The van der Waals surface area contributed by atoms with Gasteiger partial charge in [0, 0.05) is 5.41 Å². The summed E-state index contributed by atoms with van der Waals surface area (Å²) in [5.41, 5.74) is 2.51. The number of ether oxygens (including phenoxy) is 1. The molecule has 0 aliphatic heterocycles. The quantitative estimate of drug-likeness (QED) is 0.740. The minimum atomic E-state index is -0.602. The summed E-state index contributed by atoms with van der Waals surface area (Å²) < 4.78 is 5.44. The zero-order valence-electron chi connectivity index (χ0n) is 16.8. The molecule has 0 spiro atoms. The third-order valence-electron chi connectivity index (χ3n) is 7.50. The van der Waals surface area contributed by atoms with E-state index in [0.29, 0.717) is 17.8 Å². The van der Waals surface area contributed by atoms with Crippen molar-refractivity contribution in [1.29, 1.82) is 0 Å². The van der Waals surface area contributed by atoms with E-state index in [1.807, 2.05) is 0 Å². The Morgan fingerprint density at radius 3 is 2.60 bits per heavy atom. The molecule has 2 heteroatoms. The van der Waals surface area contributed by atoms with Crippen LogP contribution in [0.4, 0.5) is 0 Å². The summed E-state index contributed by atoms with van der Waals surface area (Å²) in [6, 6.07) is 6.69. The van der Waals surface area contributed by atoms with Crippen LogP contribution in [0.3, 0.4) is 0 Å². The van der Waals surface area contributed by atoms with E-state index >= 15 is 0 Å². The molecule has 1 fully saturated rings. The summed E-state index contributed by atoms with van der Waals surface area (Å²) in [7, 11) is 1.75. The third kappa shape index (κ3) is 3.01. The average Bonchev–Trinajstić information content (AvgIpc) is 2.59. The molecule has 0 bridgehead atoms. The van der Waals surface area contributed by atoms with E-state index in [1.54, 1.807) is 12.7 Å². The minimum absolute atomic E-state index is 0.0711. The van der Waals surface area contributed by atoms with Crippen molar-refractivity contribution in [3.05, 3.63) is 29.3 Å². The van der Waals surface area contributed by atoms with Crippen molar-refractivity contribution in [2.24, 2.45) is 17.3 Å². The molecule has 2 aliphatic rings. The van der Waals surface area contributed by atoms with Crippen LogP contribution in [-0.2, 0) is 6.42 Å². The van der Waals surface area contributed by atoms with Gasteiger partial charge in [-0.1, -0.05) is 32.8 Å². The number of benzene rings is 1. The number of fused-ring (bicyclic) bond motifs is 3. The molecule has 2 nitrogen and oxygen atoms in total. The highest BCUT2D eigenvalue weighted by atomic mass is 16.5. The lowest BCUT2D eigenvalue weighted by Crippen LogP contribution is -2.55. The zero-order valence-corrected chi connectivity index (χ0v) is 16.8.